The lowest BCUT2D eigenvalue weighted by molar-refractivity contribution is -0.140. The van der Waals surface area contributed by atoms with Gasteiger partial charge in [-0.25, -0.2) is 0 Å². The molecule has 7 rings (SSSR count). The summed E-state index contributed by atoms with van der Waals surface area (Å²) in [7, 11) is 0. The number of carbonyl (C=O) groups excluding carboxylic acids is 2. The maximum Gasteiger partial charge on any atom is 0.254 e. The second-order valence-electron chi connectivity index (χ2n) is 9.67. The molecule has 186 valence electrons. The van der Waals surface area contributed by atoms with E-state index in [4.69, 9.17) is 32.7 Å². The first-order valence-corrected chi connectivity index (χ1v) is 13.6. The highest BCUT2D eigenvalue weighted by atomic mass is 79.9. The van der Waals surface area contributed by atoms with E-state index in [1.54, 1.807) is 18.2 Å². The number of nitrogens with zero attached hydrogens (tertiary/aromatic N) is 2. The summed E-state index contributed by atoms with van der Waals surface area (Å²) in [5.41, 5.74) is 1.45. The highest BCUT2D eigenvalue weighted by Crippen LogP contribution is 2.65. The third-order valence-corrected chi connectivity index (χ3v) is 8.86. The van der Waals surface area contributed by atoms with Gasteiger partial charge in [0.2, 0.25) is 0 Å². The number of carbonyl (C=O) groups is 2. The van der Waals surface area contributed by atoms with Crippen LogP contribution in [0, 0.1) is 35.5 Å². The Balaban J connectivity index is 1.22. The summed E-state index contributed by atoms with van der Waals surface area (Å²) in [4.78, 5) is 26.3. The number of ether oxygens (including phenoxy) is 2. The molecule has 0 radical (unpaired) electrons. The summed E-state index contributed by atoms with van der Waals surface area (Å²) < 4.78 is 12.5. The van der Waals surface area contributed by atoms with Crippen LogP contribution in [-0.4, -0.2) is 29.6 Å². The van der Waals surface area contributed by atoms with Gasteiger partial charge in [0, 0.05) is 15.6 Å². The van der Waals surface area contributed by atoms with Gasteiger partial charge < -0.3 is 9.47 Å². The van der Waals surface area contributed by atoms with Crippen LogP contribution in [0.4, 0.5) is 0 Å². The van der Waals surface area contributed by atoms with Crippen LogP contribution in [0.1, 0.15) is 24.5 Å². The van der Waals surface area contributed by atoms with E-state index in [2.05, 4.69) is 33.2 Å². The lowest BCUT2D eigenvalue weighted by atomic mass is 9.63. The summed E-state index contributed by atoms with van der Waals surface area (Å²) in [6, 6.07) is 8.82. The Morgan fingerprint density at radius 1 is 1.06 bits per heavy atom. The Hall–Kier alpha value is -2.35. The minimum absolute atomic E-state index is 0.172. The maximum atomic E-state index is 13.2. The Morgan fingerprint density at radius 2 is 1.75 bits per heavy atom. The summed E-state index contributed by atoms with van der Waals surface area (Å²) in [6.45, 7) is 2.53. The Morgan fingerprint density at radius 3 is 2.39 bits per heavy atom. The van der Waals surface area contributed by atoms with Gasteiger partial charge in [-0.05, 0) is 82.8 Å². The van der Waals surface area contributed by atoms with Gasteiger partial charge in [-0.1, -0.05) is 41.4 Å². The number of rotatable bonds is 7. The molecule has 0 spiro atoms. The Kier molecular flexibility index (Phi) is 6.13. The number of amides is 2. The molecule has 2 aromatic carbocycles. The first kappa shape index (κ1) is 24.0. The van der Waals surface area contributed by atoms with Crippen LogP contribution >= 0.6 is 39.1 Å². The van der Waals surface area contributed by atoms with Crippen molar-refractivity contribution in [1.29, 1.82) is 0 Å². The molecule has 6 nitrogen and oxygen atoms in total. The van der Waals surface area contributed by atoms with Gasteiger partial charge in [0.25, 0.3) is 11.8 Å². The number of allylic oxidation sites excluding steroid dienone is 2. The third-order valence-electron chi connectivity index (χ3n) is 7.68. The molecule has 1 aliphatic heterocycles. The molecule has 4 aliphatic carbocycles. The van der Waals surface area contributed by atoms with Gasteiger partial charge in [-0.2, -0.15) is 10.1 Å². The second kappa shape index (κ2) is 9.19. The third kappa shape index (κ3) is 3.96. The highest BCUT2D eigenvalue weighted by molar-refractivity contribution is 9.10. The number of imide groups is 1. The minimum atomic E-state index is -0.269. The lowest BCUT2D eigenvalue weighted by Crippen LogP contribution is -2.40. The number of hydrogen-bond acceptors (Lipinski definition) is 5. The predicted molar refractivity (Wildman–Crippen MR) is 140 cm³/mol. The molecular formula is C27H23BrCl2N2O4. The van der Waals surface area contributed by atoms with Crippen LogP contribution in [0.15, 0.2) is 52.1 Å². The van der Waals surface area contributed by atoms with Crippen molar-refractivity contribution in [1.82, 2.24) is 5.01 Å². The fourth-order valence-corrected chi connectivity index (χ4v) is 7.07. The zero-order valence-corrected chi connectivity index (χ0v) is 22.5. The monoisotopic (exact) mass is 588 g/mol. The van der Waals surface area contributed by atoms with Crippen molar-refractivity contribution < 1.29 is 19.1 Å². The highest BCUT2D eigenvalue weighted by Gasteiger charge is 2.67. The van der Waals surface area contributed by atoms with Crippen molar-refractivity contribution in [3.63, 3.8) is 0 Å². The Labute approximate surface area is 227 Å². The molecule has 2 saturated carbocycles. The van der Waals surface area contributed by atoms with Crippen molar-refractivity contribution in [2.45, 2.75) is 20.0 Å². The molecule has 9 heteroatoms. The van der Waals surface area contributed by atoms with Crippen LogP contribution in [0.25, 0.3) is 0 Å². The van der Waals surface area contributed by atoms with E-state index in [1.807, 2.05) is 19.1 Å². The van der Waals surface area contributed by atoms with E-state index < -0.39 is 0 Å². The normalized spacial score (nSPS) is 29.6. The molecule has 2 amide bonds. The van der Waals surface area contributed by atoms with Crippen LogP contribution in [-0.2, 0) is 16.2 Å². The first-order valence-electron chi connectivity index (χ1n) is 12.0. The van der Waals surface area contributed by atoms with Gasteiger partial charge >= 0.3 is 0 Å². The van der Waals surface area contributed by atoms with Crippen LogP contribution in [0.3, 0.4) is 0 Å². The van der Waals surface area contributed by atoms with E-state index in [-0.39, 0.29) is 42.1 Å². The summed E-state index contributed by atoms with van der Waals surface area (Å²) in [6.07, 6.45) is 6.96. The molecule has 36 heavy (non-hydrogen) atoms. The van der Waals surface area contributed by atoms with E-state index in [0.717, 1.165) is 17.0 Å². The zero-order valence-electron chi connectivity index (χ0n) is 19.4. The second-order valence-corrected chi connectivity index (χ2v) is 11.4. The molecule has 2 bridgehead atoms. The average Bonchev–Trinajstić information content (AvgIpc) is 3.63. The number of hydrazone groups is 1. The molecule has 2 aromatic rings. The van der Waals surface area contributed by atoms with Gasteiger partial charge in [0.15, 0.2) is 11.5 Å². The smallest absolute Gasteiger partial charge is 0.254 e. The largest absolute Gasteiger partial charge is 0.490 e. The molecule has 6 atom stereocenters. The molecular weight excluding hydrogens is 567 g/mol. The number of hydrogen-bond donors (Lipinski definition) is 0. The molecule has 5 aliphatic rings. The first-order chi connectivity index (χ1) is 17.4. The van der Waals surface area contributed by atoms with Crippen molar-refractivity contribution in [3.8, 4) is 11.5 Å². The summed E-state index contributed by atoms with van der Waals surface area (Å²) >= 11 is 15.8. The standard InChI is InChI=1S/C27H23BrCl2N2O4/c1-2-35-22-8-13(7-20(28)25(22)36-12-14-3-4-15(29)9-21(14)30)11-31-32-26(33)23-16-5-6-17(19-10-18(16)19)24(23)27(32)34/h3-9,11,16-19,23-24H,2,10,12H2,1H3/t16-,17-,18-,19+,23+,24+/m0/s1. The average molecular weight is 590 g/mol. The number of halogens is 3. The van der Waals surface area contributed by atoms with E-state index in [9.17, 15) is 9.59 Å². The lowest BCUT2D eigenvalue weighted by Gasteiger charge is -2.37. The summed E-state index contributed by atoms with van der Waals surface area (Å²) in [5, 5.41) is 6.48. The van der Waals surface area contributed by atoms with Gasteiger partial charge in [0.05, 0.1) is 29.1 Å². The fraction of sp³-hybridized carbons (Fsp3) is 0.370. The molecule has 1 saturated heterocycles. The molecule has 3 fully saturated rings. The molecule has 0 N–H and O–H groups in total. The van der Waals surface area contributed by atoms with Gasteiger partial charge in [-0.15, -0.1) is 0 Å². The Bertz CT molecular complexity index is 1290. The zero-order chi connectivity index (χ0) is 25.1. The molecule has 0 unspecified atom stereocenters. The fourth-order valence-electron chi connectivity index (χ4n) is 6.03. The summed E-state index contributed by atoms with van der Waals surface area (Å²) in [5.74, 6) is 1.57. The van der Waals surface area contributed by atoms with Gasteiger partial charge in [0.1, 0.15) is 6.61 Å². The quantitative estimate of drug-likeness (QED) is 0.222. The van der Waals surface area contributed by atoms with Crippen LogP contribution < -0.4 is 9.47 Å². The van der Waals surface area contributed by atoms with Gasteiger partial charge in [-0.3, -0.25) is 9.59 Å². The van der Waals surface area contributed by atoms with Crippen molar-refractivity contribution >= 4 is 57.2 Å². The predicted octanol–water partition coefficient (Wildman–Crippen LogP) is 6.12. The van der Waals surface area contributed by atoms with E-state index in [1.165, 1.54) is 6.21 Å². The van der Waals surface area contributed by atoms with Crippen LogP contribution in [0.2, 0.25) is 10.0 Å². The topological polar surface area (TPSA) is 68.2 Å². The van der Waals surface area contributed by atoms with Crippen molar-refractivity contribution in [3.05, 3.63) is 68.1 Å². The molecule has 0 aromatic heterocycles. The number of benzene rings is 2. The van der Waals surface area contributed by atoms with Crippen molar-refractivity contribution in [2.24, 2.45) is 40.6 Å². The van der Waals surface area contributed by atoms with Crippen LogP contribution in [0.5, 0.6) is 11.5 Å². The van der Waals surface area contributed by atoms with E-state index >= 15 is 0 Å². The minimum Gasteiger partial charge on any atom is -0.490 e. The maximum absolute atomic E-state index is 13.2. The van der Waals surface area contributed by atoms with E-state index in [0.29, 0.717) is 50.0 Å². The van der Waals surface area contributed by atoms with Crippen molar-refractivity contribution in [2.75, 3.05) is 6.61 Å². The SMILES string of the molecule is CCOc1cc(C=NN2C(=O)[C@@H]3[C@H]4C=C[C@@H]([C@@H]5C[C@H]45)[C@H]3C2=O)cc(Br)c1OCc1ccc(Cl)cc1Cl. The molecule has 1 heterocycles.